The fourth-order valence-electron chi connectivity index (χ4n) is 2.69. The molecule has 6 nitrogen and oxygen atoms in total. The molecule has 104 valence electrons. The third-order valence-electron chi connectivity index (χ3n) is 3.69. The molecule has 2 atom stereocenters. The van der Waals surface area contributed by atoms with Crippen molar-refractivity contribution in [3.05, 3.63) is 11.9 Å². The van der Waals surface area contributed by atoms with E-state index in [1.165, 1.54) is 0 Å². The van der Waals surface area contributed by atoms with Gasteiger partial charge in [-0.15, -0.1) is 0 Å². The predicted molar refractivity (Wildman–Crippen MR) is 69.7 cm³/mol. The van der Waals surface area contributed by atoms with Crippen LogP contribution < -0.4 is 5.32 Å². The Hall–Kier alpha value is -1.85. The van der Waals surface area contributed by atoms with Crippen LogP contribution in [0.4, 0.5) is 5.69 Å². The molecule has 0 aromatic carbocycles. The molecule has 1 aliphatic carbocycles. The van der Waals surface area contributed by atoms with E-state index in [1.807, 2.05) is 6.92 Å². The van der Waals surface area contributed by atoms with Gasteiger partial charge in [-0.25, -0.2) is 0 Å². The number of aliphatic carboxylic acids is 1. The van der Waals surface area contributed by atoms with E-state index in [-0.39, 0.29) is 5.91 Å². The molecule has 0 unspecified atom stereocenters. The molecule has 0 saturated heterocycles. The summed E-state index contributed by atoms with van der Waals surface area (Å²) in [5.41, 5.74) is 1.39. The van der Waals surface area contributed by atoms with E-state index >= 15 is 0 Å². The Morgan fingerprint density at radius 1 is 1.37 bits per heavy atom. The van der Waals surface area contributed by atoms with Crippen molar-refractivity contribution in [1.29, 1.82) is 0 Å². The number of hydrogen-bond acceptors (Lipinski definition) is 3. The lowest BCUT2D eigenvalue weighted by Crippen LogP contribution is -2.36. The highest BCUT2D eigenvalue weighted by molar-refractivity contribution is 5.95. The number of nitrogens with one attached hydrogen (secondary N) is 1. The largest absolute Gasteiger partial charge is 0.481 e. The number of carboxylic acid groups (broad SMARTS) is 1. The maximum absolute atomic E-state index is 12.2. The van der Waals surface area contributed by atoms with Crippen LogP contribution in [0.2, 0.25) is 0 Å². The summed E-state index contributed by atoms with van der Waals surface area (Å²) in [7, 11) is 1.78. The van der Waals surface area contributed by atoms with Crippen LogP contribution in [0.15, 0.2) is 6.20 Å². The first-order valence-electron chi connectivity index (χ1n) is 6.53. The normalized spacial score (nSPS) is 23.1. The van der Waals surface area contributed by atoms with E-state index in [4.69, 9.17) is 0 Å². The average molecular weight is 265 g/mol. The SMILES string of the molecule is Cc1nn(C)cc1NC(=O)[C@@H]1CCCC[C@H]1C(=O)O. The topological polar surface area (TPSA) is 84.2 Å². The second-order valence-corrected chi connectivity index (χ2v) is 5.13. The first-order valence-corrected chi connectivity index (χ1v) is 6.53. The van der Waals surface area contributed by atoms with E-state index in [2.05, 4.69) is 10.4 Å². The number of carboxylic acids is 1. The summed E-state index contributed by atoms with van der Waals surface area (Å²) >= 11 is 0. The number of carbonyl (C=O) groups is 2. The average Bonchev–Trinajstić information content (AvgIpc) is 2.67. The van der Waals surface area contributed by atoms with Gasteiger partial charge in [-0.3, -0.25) is 14.3 Å². The fraction of sp³-hybridized carbons (Fsp3) is 0.615. The molecule has 19 heavy (non-hydrogen) atoms. The number of carbonyl (C=O) groups excluding carboxylic acids is 1. The summed E-state index contributed by atoms with van der Waals surface area (Å²) in [4.78, 5) is 23.4. The minimum absolute atomic E-state index is 0.205. The van der Waals surface area contributed by atoms with Gasteiger partial charge in [0.25, 0.3) is 0 Å². The van der Waals surface area contributed by atoms with Crippen LogP contribution in [-0.4, -0.2) is 26.8 Å². The lowest BCUT2D eigenvalue weighted by molar-refractivity contribution is -0.147. The van der Waals surface area contributed by atoms with E-state index < -0.39 is 17.8 Å². The Morgan fingerprint density at radius 2 is 2.00 bits per heavy atom. The minimum atomic E-state index is -0.872. The quantitative estimate of drug-likeness (QED) is 0.868. The summed E-state index contributed by atoms with van der Waals surface area (Å²) in [6, 6.07) is 0. The van der Waals surface area contributed by atoms with Gasteiger partial charge < -0.3 is 10.4 Å². The smallest absolute Gasteiger partial charge is 0.307 e. The predicted octanol–water partition coefficient (Wildman–Crippen LogP) is 1.56. The number of nitrogens with zero attached hydrogens (tertiary/aromatic N) is 2. The summed E-state index contributed by atoms with van der Waals surface area (Å²) in [5, 5.41) is 16.1. The van der Waals surface area contributed by atoms with E-state index in [1.54, 1.807) is 17.9 Å². The summed E-state index contributed by atoms with van der Waals surface area (Å²) in [6.45, 7) is 1.81. The zero-order valence-electron chi connectivity index (χ0n) is 11.2. The van der Waals surface area contributed by atoms with Crippen LogP contribution in [0.5, 0.6) is 0 Å². The molecular weight excluding hydrogens is 246 g/mol. The highest BCUT2D eigenvalue weighted by Crippen LogP contribution is 2.31. The minimum Gasteiger partial charge on any atom is -0.481 e. The van der Waals surface area contributed by atoms with Crippen molar-refractivity contribution < 1.29 is 14.7 Å². The van der Waals surface area contributed by atoms with Crippen molar-refractivity contribution in [3.63, 3.8) is 0 Å². The Kier molecular flexibility index (Phi) is 3.87. The molecule has 1 saturated carbocycles. The van der Waals surface area contributed by atoms with Gasteiger partial charge in [-0.2, -0.15) is 5.10 Å². The molecule has 2 N–H and O–H groups in total. The van der Waals surface area contributed by atoms with Gasteiger partial charge in [0, 0.05) is 13.2 Å². The number of aryl methyl sites for hydroxylation is 2. The van der Waals surface area contributed by atoms with Crippen LogP contribution in [0.25, 0.3) is 0 Å². The van der Waals surface area contributed by atoms with Gasteiger partial charge in [0.05, 0.1) is 23.2 Å². The van der Waals surface area contributed by atoms with Crippen molar-refractivity contribution in [2.75, 3.05) is 5.32 Å². The number of hydrogen-bond donors (Lipinski definition) is 2. The molecule has 1 heterocycles. The Bertz CT molecular complexity index is 495. The number of amides is 1. The third kappa shape index (κ3) is 2.94. The number of aromatic nitrogens is 2. The van der Waals surface area contributed by atoms with Gasteiger partial charge in [0.1, 0.15) is 0 Å². The Labute approximate surface area is 111 Å². The van der Waals surface area contributed by atoms with Crippen LogP contribution in [0.1, 0.15) is 31.4 Å². The van der Waals surface area contributed by atoms with Crippen molar-refractivity contribution in [2.45, 2.75) is 32.6 Å². The summed E-state index contributed by atoms with van der Waals surface area (Å²) < 4.78 is 1.63. The van der Waals surface area contributed by atoms with Crippen molar-refractivity contribution >= 4 is 17.6 Å². The van der Waals surface area contributed by atoms with Crippen LogP contribution >= 0.6 is 0 Å². The zero-order valence-corrected chi connectivity index (χ0v) is 11.2. The van der Waals surface area contributed by atoms with Gasteiger partial charge in [-0.1, -0.05) is 12.8 Å². The molecule has 6 heteroatoms. The second kappa shape index (κ2) is 5.42. The zero-order chi connectivity index (χ0) is 14.0. The van der Waals surface area contributed by atoms with E-state index in [0.29, 0.717) is 18.5 Å². The molecule has 0 bridgehead atoms. The van der Waals surface area contributed by atoms with E-state index in [0.717, 1.165) is 18.5 Å². The maximum Gasteiger partial charge on any atom is 0.307 e. The molecule has 2 rings (SSSR count). The molecular formula is C13H19N3O3. The lowest BCUT2D eigenvalue weighted by atomic mass is 9.78. The molecule has 1 aromatic rings. The van der Waals surface area contributed by atoms with Gasteiger partial charge >= 0.3 is 5.97 Å². The molecule has 0 radical (unpaired) electrons. The van der Waals surface area contributed by atoms with Crippen LogP contribution in [0.3, 0.4) is 0 Å². The fourth-order valence-corrected chi connectivity index (χ4v) is 2.69. The van der Waals surface area contributed by atoms with Crippen molar-refractivity contribution in [3.8, 4) is 0 Å². The molecule has 0 aliphatic heterocycles. The van der Waals surface area contributed by atoms with Crippen LogP contribution in [0, 0.1) is 18.8 Å². The molecule has 0 spiro atoms. The van der Waals surface area contributed by atoms with Crippen molar-refractivity contribution in [2.24, 2.45) is 18.9 Å². The molecule has 1 fully saturated rings. The highest BCUT2D eigenvalue weighted by atomic mass is 16.4. The standard InChI is InChI=1S/C13H19N3O3/c1-8-11(7-16(2)15-8)14-12(17)9-5-3-4-6-10(9)13(18)19/h7,9-10H,3-6H2,1-2H3,(H,14,17)(H,18,19)/t9-,10-/m1/s1. The highest BCUT2D eigenvalue weighted by Gasteiger charge is 2.35. The Morgan fingerprint density at radius 3 is 2.53 bits per heavy atom. The van der Waals surface area contributed by atoms with E-state index in [9.17, 15) is 14.7 Å². The van der Waals surface area contributed by atoms with Gasteiger partial charge in [-0.05, 0) is 19.8 Å². The molecule has 1 aliphatic rings. The van der Waals surface area contributed by atoms with Gasteiger partial charge in [0.15, 0.2) is 0 Å². The summed E-state index contributed by atoms with van der Waals surface area (Å²) in [5.74, 6) is -2.08. The van der Waals surface area contributed by atoms with Gasteiger partial charge in [0.2, 0.25) is 5.91 Å². The second-order valence-electron chi connectivity index (χ2n) is 5.13. The van der Waals surface area contributed by atoms with Crippen molar-refractivity contribution in [1.82, 2.24) is 9.78 Å². The lowest BCUT2D eigenvalue weighted by Gasteiger charge is -2.27. The number of rotatable bonds is 3. The third-order valence-corrected chi connectivity index (χ3v) is 3.69. The number of anilines is 1. The van der Waals surface area contributed by atoms with Crippen LogP contribution in [-0.2, 0) is 16.6 Å². The first kappa shape index (κ1) is 13.6. The molecule has 1 aromatic heterocycles. The maximum atomic E-state index is 12.2. The monoisotopic (exact) mass is 265 g/mol. The molecule has 1 amide bonds. The summed E-state index contributed by atoms with van der Waals surface area (Å²) in [6.07, 6.45) is 4.74. The first-order chi connectivity index (χ1) is 8.99. The Balaban J connectivity index is 2.09.